The maximum Gasteiger partial charge on any atom is 0.219 e. The molecule has 1 saturated carbocycles. The minimum absolute atomic E-state index is 0.422. The van der Waals surface area contributed by atoms with Crippen LogP contribution >= 0.6 is 0 Å². The largest absolute Gasteiger partial charge is 0.486 e. The van der Waals surface area contributed by atoms with Crippen LogP contribution in [0.2, 0.25) is 0 Å². The van der Waals surface area contributed by atoms with Gasteiger partial charge in [0.15, 0.2) is 5.82 Å². The topological polar surface area (TPSA) is 116 Å². The summed E-state index contributed by atoms with van der Waals surface area (Å²) in [5.74, 6) is 3.13. The van der Waals surface area contributed by atoms with Crippen LogP contribution in [0.5, 0.6) is 17.4 Å². The molecule has 1 fully saturated rings. The Morgan fingerprint density at radius 3 is 2.76 bits per heavy atom. The minimum Gasteiger partial charge on any atom is -0.486 e. The normalized spacial score (nSPS) is 13.4. The number of rotatable bonds is 10. The summed E-state index contributed by atoms with van der Waals surface area (Å²) in [7, 11) is 0. The fraction of sp³-hybridized carbons (Fsp3) is 0.348. The Labute approximate surface area is 191 Å². The SMILES string of the molecule is CC(C)[NH2+]CCOc1ccc(Oc2ccc3ncnc(Nc4cnn(C5CC5)n4)c3c2)nc1. The molecule has 33 heavy (non-hydrogen) atoms. The molecular weight excluding hydrogens is 420 g/mol. The van der Waals surface area contributed by atoms with Gasteiger partial charge in [-0.05, 0) is 51.0 Å². The van der Waals surface area contributed by atoms with Crippen molar-refractivity contribution in [3.8, 4) is 17.4 Å². The molecule has 0 spiro atoms. The van der Waals surface area contributed by atoms with Crippen molar-refractivity contribution in [2.75, 3.05) is 18.5 Å². The van der Waals surface area contributed by atoms with Gasteiger partial charge in [-0.25, -0.2) is 15.0 Å². The highest BCUT2D eigenvalue weighted by atomic mass is 16.5. The van der Waals surface area contributed by atoms with Gasteiger partial charge in [-0.1, -0.05) is 0 Å². The summed E-state index contributed by atoms with van der Waals surface area (Å²) in [5.41, 5.74) is 0.796. The second-order valence-electron chi connectivity index (χ2n) is 8.36. The number of fused-ring (bicyclic) bond motifs is 1. The van der Waals surface area contributed by atoms with Crippen molar-refractivity contribution >= 4 is 22.5 Å². The second kappa shape index (κ2) is 9.37. The standard InChI is InChI=1S/C23H26N8O2/c1-15(2)24-9-10-32-18-6-8-22(25-12-18)33-17-5-7-20-19(11-17)23(27-14-26-20)29-21-13-28-31(30-21)16-3-4-16/h5-8,11-16,24H,3-4,9-10H2,1-2H3,(H,26,27,29,30)/p+1. The molecule has 170 valence electrons. The highest BCUT2D eigenvalue weighted by molar-refractivity contribution is 5.91. The lowest BCUT2D eigenvalue weighted by molar-refractivity contribution is -0.683. The van der Waals surface area contributed by atoms with E-state index in [0.29, 0.717) is 42.0 Å². The number of aromatic nitrogens is 6. The number of nitrogens with two attached hydrogens (primary N) is 1. The Hall–Kier alpha value is -3.79. The molecule has 5 rings (SSSR count). The van der Waals surface area contributed by atoms with Crippen molar-refractivity contribution in [1.82, 2.24) is 29.9 Å². The molecule has 1 aromatic carbocycles. The van der Waals surface area contributed by atoms with Gasteiger partial charge < -0.3 is 20.1 Å². The zero-order valence-electron chi connectivity index (χ0n) is 18.7. The van der Waals surface area contributed by atoms with E-state index >= 15 is 0 Å². The van der Waals surface area contributed by atoms with Gasteiger partial charge in [-0.3, -0.25) is 0 Å². The first-order chi connectivity index (χ1) is 16.1. The number of anilines is 2. The number of nitrogens with zero attached hydrogens (tertiary/aromatic N) is 6. The number of hydrogen-bond acceptors (Lipinski definition) is 8. The summed E-state index contributed by atoms with van der Waals surface area (Å²) in [6.07, 6.45) is 7.16. The predicted molar refractivity (Wildman–Crippen MR) is 123 cm³/mol. The first-order valence-corrected chi connectivity index (χ1v) is 11.2. The Morgan fingerprint density at radius 2 is 1.97 bits per heavy atom. The fourth-order valence-electron chi connectivity index (χ4n) is 3.35. The third-order valence-corrected chi connectivity index (χ3v) is 5.19. The third-order valence-electron chi connectivity index (χ3n) is 5.19. The molecule has 0 bridgehead atoms. The van der Waals surface area contributed by atoms with Gasteiger partial charge >= 0.3 is 0 Å². The van der Waals surface area contributed by atoms with E-state index in [1.807, 2.05) is 24.3 Å². The van der Waals surface area contributed by atoms with Crippen molar-refractivity contribution < 1.29 is 14.8 Å². The van der Waals surface area contributed by atoms with Crippen LogP contribution in [0.25, 0.3) is 10.9 Å². The van der Waals surface area contributed by atoms with E-state index in [0.717, 1.165) is 36.0 Å². The molecule has 3 N–H and O–H groups in total. The lowest BCUT2D eigenvalue weighted by atomic mass is 10.2. The maximum absolute atomic E-state index is 5.96. The molecule has 0 amide bonds. The molecule has 0 aliphatic heterocycles. The Balaban J connectivity index is 1.27. The minimum atomic E-state index is 0.422. The van der Waals surface area contributed by atoms with E-state index in [2.05, 4.69) is 49.6 Å². The number of ether oxygens (including phenoxy) is 2. The Kier molecular flexibility index (Phi) is 5.99. The summed E-state index contributed by atoms with van der Waals surface area (Å²) < 4.78 is 11.7. The van der Waals surface area contributed by atoms with Gasteiger partial charge in [-0.15, -0.1) is 5.10 Å². The number of benzene rings is 1. The van der Waals surface area contributed by atoms with E-state index in [4.69, 9.17) is 9.47 Å². The quantitative estimate of drug-likeness (QED) is 0.357. The molecule has 0 saturated heterocycles. The van der Waals surface area contributed by atoms with Crippen molar-refractivity contribution in [3.63, 3.8) is 0 Å². The monoisotopic (exact) mass is 447 g/mol. The van der Waals surface area contributed by atoms with Gasteiger partial charge in [0.1, 0.15) is 36.8 Å². The predicted octanol–water partition coefficient (Wildman–Crippen LogP) is 2.84. The van der Waals surface area contributed by atoms with Gasteiger partial charge in [0.05, 0.1) is 30.0 Å². The Bertz CT molecular complexity index is 1220. The van der Waals surface area contributed by atoms with Gasteiger partial charge in [-0.2, -0.15) is 9.90 Å². The smallest absolute Gasteiger partial charge is 0.219 e. The average Bonchev–Trinajstić information content (AvgIpc) is 3.57. The van der Waals surface area contributed by atoms with Crippen molar-refractivity contribution in [3.05, 3.63) is 49.1 Å². The van der Waals surface area contributed by atoms with Crippen molar-refractivity contribution in [2.45, 2.75) is 38.8 Å². The molecule has 4 aromatic rings. The van der Waals surface area contributed by atoms with Gasteiger partial charge in [0, 0.05) is 11.5 Å². The van der Waals surface area contributed by atoms with Crippen LogP contribution in [-0.2, 0) is 0 Å². The van der Waals surface area contributed by atoms with Gasteiger partial charge in [0.2, 0.25) is 5.88 Å². The highest BCUT2D eigenvalue weighted by Crippen LogP contribution is 2.34. The summed E-state index contributed by atoms with van der Waals surface area (Å²) in [6.45, 7) is 5.86. The summed E-state index contributed by atoms with van der Waals surface area (Å²) in [5, 5.41) is 15.1. The molecule has 1 aliphatic rings. The Morgan fingerprint density at radius 1 is 1.09 bits per heavy atom. The lowest BCUT2D eigenvalue weighted by Gasteiger charge is -2.10. The maximum atomic E-state index is 5.96. The van der Waals surface area contributed by atoms with E-state index in [9.17, 15) is 0 Å². The van der Waals surface area contributed by atoms with E-state index in [1.54, 1.807) is 23.3 Å². The van der Waals surface area contributed by atoms with Crippen LogP contribution in [-0.4, -0.2) is 49.1 Å². The van der Waals surface area contributed by atoms with E-state index < -0.39 is 0 Å². The molecule has 0 unspecified atom stereocenters. The van der Waals surface area contributed by atoms with Gasteiger partial charge in [0.25, 0.3) is 0 Å². The van der Waals surface area contributed by atoms with Crippen molar-refractivity contribution in [2.24, 2.45) is 0 Å². The molecule has 10 nitrogen and oxygen atoms in total. The zero-order valence-corrected chi connectivity index (χ0v) is 18.7. The van der Waals surface area contributed by atoms with Crippen LogP contribution in [0.4, 0.5) is 11.6 Å². The molecule has 3 aromatic heterocycles. The fourth-order valence-corrected chi connectivity index (χ4v) is 3.35. The summed E-state index contributed by atoms with van der Waals surface area (Å²) in [6, 6.07) is 10.3. The number of quaternary nitrogens is 1. The number of pyridine rings is 1. The number of nitrogens with one attached hydrogen (secondary N) is 1. The number of hydrogen-bond donors (Lipinski definition) is 2. The summed E-state index contributed by atoms with van der Waals surface area (Å²) >= 11 is 0. The average molecular weight is 448 g/mol. The molecule has 1 aliphatic carbocycles. The van der Waals surface area contributed by atoms with E-state index in [-0.39, 0.29) is 0 Å². The molecule has 3 heterocycles. The van der Waals surface area contributed by atoms with Crippen LogP contribution in [0.15, 0.2) is 49.1 Å². The first-order valence-electron chi connectivity index (χ1n) is 11.2. The van der Waals surface area contributed by atoms with Crippen LogP contribution < -0.4 is 20.1 Å². The molecule has 0 radical (unpaired) electrons. The van der Waals surface area contributed by atoms with Crippen LogP contribution in [0.3, 0.4) is 0 Å². The molecular formula is C23H27N8O2+. The zero-order chi connectivity index (χ0) is 22.6. The van der Waals surface area contributed by atoms with Crippen molar-refractivity contribution in [1.29, 1.82) is 0 Å². The van der Waals surface area contributed by atoms with Crippen LogP contribution in [0.1, 0.15) is 32.7 Å². The third kappa shape index (κ3) is 5.35. The highest BCUT2D eigenvalue weighted by Gasteiger charge is 2.25. The molecule has 0 atom stereocenters. The first kappa shape index (κ1) is 21.1. The van der Waals surface area contributed by atoms with E-state index in [1.165, 1.54) is 6.33 Å². The van der Waals surface area contributed by atoms with Crippen LogP contribution in [0, 0.1) is 0 Å². The lowest BCUT2D eigenvalue weighted by Crippen LogP contribution is -2.89. The molecule has 10 heteroatoms. The summed E-state index contributed by atoms with van der Waals surface area (Å²) in [4.78, 5) is 14.8. The second-order valence-corrected chi connectivity index (χ2v) is 8.36.